The van der Waals surface area contributed by atoms with Gasteiger partial charge < -0.3 is 20.1 Å². The third-order valence-electron chi connectivity index (χ3n) is 3.83. The number of pyridine rings is 1. The minimum Gasteiger partial charge on any atom is -0.486 e. The zero-order chi connectivity index (χ0) is 16.8. The number of rotatable bonds is 4. The highest BCUT2D eigenvalue weighted by Gasteiger charge is 2.11. The van der Waals surface area contributed by atoms with Crippen LogP contribution in [0.4, 0.5) is 0 Å². The van der Waals surface area contributed by atoms with E-state index in [0.717, 1.165) is 34.3 Å². The van der Waals surface area contributed by atoms with Gasteiger partial charge in [-0.15, -0.1) is 24.0 Å². The Kier molecular flexibility index (Phi) is 7.30. The van der Waals surface area contributed by atoms with Gasteiger partial charge in [-0.1, -0.05) is 12.1 Å². The monoisotopic (exact) mass is 454 g/mol. The number of nitrogens with one attached hydrogen (secondary N) is 2. The molecule has 2 N–H and O–H groups in total. The molecular weight excluding hydrogens is 431 g/mol. The maximum absolute atomic E-state index is 5.61. The number of hydrogen-bond acceptors (Lipinski definition) is 4. The summed E-state index contributed by atoms with van der Waals surface area (Å²) in [6, 6.07) is 9.95. The van der Waals surface area contributed by atoms with Gasteiger partial charge in [0.2, 0.25) is 0 Å². The van der Waals surface area contributed by atoms with E-state index in [-0.39, 0.29) is 24.0 Å². The highest BCUT2D eigenvalue weighted by atomic mass is 127. The van der Waals surface area contributed by atoms with Gasteiger partial charge in [-0.2, -0.15) is 0 Å². The number of halogens is 1. The lowest BCUT2D eigenvalue weighted by Gasteiger charge is -2.19. The Bertz CT molecular complexity index is 737. The van der Waals surface area contributed by atoms with Crippen LogP contribution in [0.15, 0.2) is 41.5 Å². The van der Waals surface area contributed by atoms with Crippen LogP contribution in [-0.4, -0.2) is 31.2 Å². The molecule has 0 aliphatic carbocycles. The van der Waals surface area contributed by atoms with Gasteiger partial charge in [0.15, 0.2) is 17.5 Å². The second-order valence-electron chi connectivity index (χ2n) is 5.52. The molecule has 0 saturated carbocycles. The van der Waals surface area contributed by atoms with Gasteiger partial charge in [-0.25, -0.2) is 0 Å². The van der Waals surface area contributed by atoms with Crippen LogP contribution in [0.1, 0.15) is 16.8 Å². The lowest BCUT2D eigenvalue weighted by Crippen LogP contribution is -2.36. The van der Waals surface area contributed by atoms with Crippen LogP contribution in [0.5, 0.6) is 11.5 Å². The summed E-state index contributed by atoms with van der Waals surface area (Å²) in [5.41, 5.74) is 3.28. The number of hydrogen-bond donors (Lipinski definition) is 2. The van der Waals surface area contributed by atoms with Crippen molar-refractivity contribution in [2.75, 3.05) is 20.3 Å². The summed E-state index contributed by atoms with van der Waals surface area (Å²) in [6.07, 6.45) is 1.80. The molecule has 134 valence electrons. The van der Waals surface area contributed by atoms with E-state index in [1.165, 1.54) is 0 Å². The van der Waals surface area contributed by atoms with E-state index in [0.29, 0.717) is 26.3 Å². The Labute approximate surface area is 165 Å². The minimum atomic E-state index is 0. The van der Waals surface area contributed by atoms with Gasteiger partial charge in [0.1, 0.15) is 13.2 Å². The van der Waals surface area contributed by atoms with E-state index in [9.17, 15) is 0 Å². The molecule has 1 aliphatic heterocycles. The maximum atomic E-state index is 5.61. The van der Waals surface area contributed by atoms with Crippen molar-refractivity contribution in [3.63, 3.8) is 0 Å². The lowest BCUT2D eigenvalue weighted by molar-refractivity contribution is 0.171. The first kappa shape index (κ1) is 19.3. The Morgan fingerprint density at radius 1 is 1.12 bits per heavy atom. The Morgan fingerprint density at radius 2 is 1.88 bits per heavy atom. The van der Waals surface area contributed by atoms with Gasteiger partial charge in [-0.05, 0) is 36.2 Å². The van der Waals surface area contributed by atoms with Crippen LogP contribution in [0, 0.1) is 6.92 Å². The molecule has 7 heteroatoms. The van der Waals surface area contributed by atoms with E-state index in [1.807, 2.05) is 24.3 Å². The summed E-state index contributed by atoms with van der Waals surface area (Å²) >= 11 is 0. The first-order chi connectivity index (χ1) is 11.8. The third-order valence-corrected chi connectivity index (χ3v) is 3.83. The Morgan fingerprint density at radius 3 is 2.64 bits per heavy atom. The summed E-state index contributed by atoms with van der Waals surface area (Å²) in [7, 11) is 1.75. The van der Waals surface area contributed by atoms with E-state index in [1.54, 1.807) is 13.2 Å². The molecule has 0 saturated heterocycles. The number of guanidine groups is 1. The summed E-state index contributed by atoms with van der Waals surface area (Å²) in [5, 5.41) is 6.58. The summed E-state index contributed by atoms with van der Waals surface area (Å²) in [6.45, 7) is 4.53. The first-order valence-electron chi connectivity index (χ1n) is 8.00. The second kappa shape index (κ2) is 9.45. The van der Waals surface area contributed by atoms with E-state index < -0.39 is 0 Å². The summed E-state index contributed by atoms with van der Waals surface area (Å²) in [4.78, 5) is 8.62. The fraction of sp³-hybridized carbons (Fsp3) is 0.333. The van der Waals surface area contributed by atoms with E-state index in [4.69, 9.17) is 9.47 Å². The van der Waals surface area contributed by atoms with Crippen LogP contribution in [0.25, 0.3) is 0 Å². The molecule has 0 radical (unpaired) electrons. The van der Waals surface area contributed by atoms with Crippen molar-refractivity contribution in [2.24, 2.45) is 4.99 Å². The van der Waals surface area contributed by atoms with Gasteiger partial charge >= 0.3 is 0 Å². The molecule has 3 rings (SSSR count). The van der Waals surface area contributed by atoms with Crippen LogP contribution >= 0.6 is 24.0 Å². The molecule has 1 aromatic carbocycles. The predicted molar refractivity (Wildman–Crippen MR) is 109 cm³/mol. The number of aliphatic imine (C=N–C) groups is 1. The molecule has 2 aromatic rings. The van der Waals surface area contributed by atoms with Crippen molar-refractivity contribution < 1.29 is 9.47 Å². The van der Waals surface area contributed by atoms with Crippen LogP contribution < -0.4 is 20.1 Å². The zero-order valence-electron chi connectivity index (χ0n) is 14.4. The SMILES string of the molecule is CN=C(NCc1ccc2c(c1)OCCO2)NCc1ncccc1C.I. The highest BCUT2D eigenvalue weighted by Crippen LogP contribution is 2.30. The average molecular weight is 454 g/mol. The molecule has 0 atom stereocenters. The number of aromatic nitrogens is 1. The average Bonchev–Trinajstić information content (AvgIpc) is 2.63. The maximum Gasteiger partial charge on any atom is 0.191 e. The molecule has 6 nitrogen and oxygen atoms in total. The molecule has 1 aliphatic rings. The highest BCUT2D eigenvalue weighted by molar-refractivity contribution is 14.0. The number of ether oxygens (including phenoxy) is 2. The van der Waals surface area contributed by atoms with Crippen LogP contribution in [-0.2, 0) is 13.1 Å². The number of benzene rings is 1. The molecule has 0 fully saturated rings. The molecule has 25 heavy (non-hydrogen) atoms. The molecule has 2 heterocycles. The van der Waals surface area contributed by atoms with Crippen molar-refractivity contribution >= 4 is 29.9 Å². The largest absolute Gasteiger partial charge is 0.486 e. The normalized spacial score (nSPS) is 13.0. The molecule has 0 spiro atoms. The van der Waals surface area contributed by atoms with Crippen molar-refractivity contribution in [1.82, 2.24) is 15.6 Å². The Hall–Kier alpha value is -2.03. The first-order valence-corrected chi connectivity index (χ1v) is 8.00. The zero-order valence-corrected chi connectivity index (χ0v) is 16.7. The topological polar surface area (TPSA) is 67.8 Å². The fourth-order valence-corrected chi connectivity index (χ4v) is 2.48. The van der Waals surface area contributed by atoms with Gasteiger partial charge in [0.25, 0.3) is 0 Å². The van der Waals surface area contributed by atoms with Crippen molar-refractivity contribution in [3.8, 4) is 11.5 Å². The molecular formula is C18H23IN4O2. The number of fused-ring (bicyclic) bond motifs is 1. The van der Waals surface area contributed by atoms with E-state index in [2.05, 4.69) is 33.6 Å². The quantitative estimate of drug-likeness (QED) is 0.423. The molecule has 0 amide bonds. The molecule has 1 aromatic heterocycles. The van der Waals surface area contributed by atoms with E-state index >= 15 is 0 Å². The smallest absolute Gasteiger partial charge is 0.191 e. The van der Waals surface area contributed by atoms with Gasteiger partial charge in [-0.3, -0.25) is 9.98 Å². The lowest BCUT2D eigenvalue weighted by atomic mass is 10.2. The molecule has 0 bridgehead atoms. The van der Waals surface area contributed by atoms with Crippen molar-refractivity contribution in [2.45, 2.75) is 20.0 Å². The summed E-state index contributed by atoms with van der Waals surface area (Å²) < 4.78 is 11.1. The van der Waals surface area contributed by atoms with Gasteiger partial charge in [0, 0.05) is 19.8 Å². The Balaban J connectivity index is 0.00000225. The van der Waals surface area contributed by atoms with Crippen molar-refractivity contribution in [3.05, 3.63) is 53.3 Å². The number of nitrogens with zero attached hydrogens (tertiary/aromatic N) is 2. The van der Waals surface area contributed by atoms with Crippen LogP contribution in [0.2, 0.25) is 0 Å². The van der Waals surface area contributed by atoms with Crippen molar-refractivity contribution in [1.29, 1.82) is 0 Å². The standard InChI is InChI=1S/C18H22N4O2.HI/c1-13-4-3-7-20-15(13)12-22-18(19-2)21-11-14-5-6-16-17(10-14)24-9-8-23-16;/h3-7,10H,8-9,11-12H2,1-2H3,(H2,19,21,22);1H. The van der Waals surface area contributed by atoms with Crippen LogP contribution in [0.3, 0.4) is 0 Å². The predicted octanol–water partition coefficient (Wildman–Crippen LogP) is 2.64. The summed E-state index contributed by atoms with van der Waals surface area (Å²) in [5.74, 6) is 2.33. The number of aryl methyl sites for hydroxylation is 1. The third kappa shape index (κ3) is 5.22. The molecule has 0 unspecified atom stereocenters. The minimum absolute atomic E-state index is 0. The second-order valence-corrected chi connectivity index (χ2v) is 5.52. The fourth-order valence-electron chi connectivity index (χ4n) is 2.48. The van der Waals surface area contributed by atoms with Gasteiger partial charge in [0.05, 0.1) is 12.2 Å².